The van der Waals surface area contributed by atoms with Crippen LogP contribution in [0.1, 0.15) is 18.1 Å². The molecule has 12 heavy (non-hydrogen) atoms. The van der Waals surface area contributed by atoms with E-state index in [1.165, 1.54) is 11.1 Å². The van der Waals surface area contributed by atoms with Gasteiger partial charge in [0.25, 0.3) is 0 Å². The van der Waals surface area contributed by atoms with Crippen LogP contribution in [0.3, 0.4) is 0 Å². The van der Waals surface area contributed by atoms with Gasteiger partial charge in [-0.3, -0.25) is 0 Å². The first-order valence-electron chi connectivity index (χ1n) is 4.08. The van der Waals surface area contributed by atoms with Crippen molar-refractivity contribution in [2.45, 2.75) is 25.7 Å². The lowest BCUT2D eigenvalue weighted by Gasteiger charge is -2.08. The molecule has 0 radical (unpaired) electrons. The van der Waals surface area contributed by atoms with Crippen molar-refractivity contribution in [1.29, 1.82) is 0 Å². The summed E-state index contributed by atoms with van der Waals surface area (Å²) in [7, 11) is 0. The third kappa shape index (κ3) is 1.95. The Kier molecular flexibility index (Phi) is 3.04. The number of rotatable bonds is 2. The summed E-state index contributed by atoms with van der Waals surface area (Å²) < 4.78 is 5.39. The Bertz CT molecular complexity index is 258. The van der Waals surface area contributed by atoms with Crippen LogP contribution < -0.4 is 4.74 Å². The summed E-state index contributed by atoms with van der Waals surface area (Å²) in [5.74, 6) is 0.935. The van der Waals surface area contributed by atoms with Crippen LogP contribution in [0.5, 0.6) is 5.75 Å². The highest BCUT2D eigenvalue weighted by Gasteiger charge is 2.01. The average Bonchev–Trinajstić information content (AvgIpc) is 2.01. The maximum atomic E-state index is 5.39. The van der Waals surface area contributed by atoms with Crippen molar-refractivity contribution in [3.8, 4) is 5.75 Å². The van der Waals surface area contributed by atoms with E-state index < -0.39 is 0 Å². The third-order valence-electron chi connectivity index (χ3n) is 1.78. The molecule has 0 fully saturated rings. The Labute approximate surface area is 79.2 Å². The molecule has 0 saturated heterocycles. The fourth-order valence-electron chi connectivity index (χ4n) is 1.17. The van der Waals surface area contributed by atoms with Crippen molar-refractivity contribution in [3.05, 3.63) is 23.3 Å². The van der Waals surface area contributed by atoms with Gasteiger partial charge in [-0.05, 0) is 44.0 Å². The van der Waals surface area contributed by atoms with Crippen LogP contribution in [-0.4, -0.2) is 6.61 Å². The molecule has 0 aliphatic heterocycles. The van der Waals surface area contributed by atoms with Gasteiger partial charge in [0.1, 0.15) is 5.75 Å². The van der Waals surface area contributed by atoms with Gasteiger partial charge < -0.3 is 4.74 Å². The molecule has 0 N–H and O–H groups in total. The van der Waals surface area contributed by atoms with Crippen molar-refractivity contribution >= 4 is 12.6 Å². The van der Waals surface area contributed by atoms with Crippen molar-refractivity contribution in [2.75, 3.05) is 6.61 Å². The fraction of sp³-hybridized carbons (Fsp3) is 0.400. The smallest absolute Gasteiger partial charge is 0.119 e. The number of benzene rings is 1. The molecule has 1 aromatic rings. The van der Waals surface area contributed by atoms with E-state index in [9.17, 15) is 0 Å². The molecule has 0 bridgehead atoms. The fourth-order valence-corrected chi connectivity index (χ4v) is 1.30. The molecule has 66 valence electrons. The summed E-state index contributed by atoms with van der Waals surface area (Å²) in [5.41, 5.74) is 2.34. The Hall–Kier alpha value is -0.630. The van der Waals surface area contributed by atoms with E-state index in [1.54, 1.807) is 0 Å². The maximum absolute atomic E-state index is 5.39. The molecule has 1 rings (SSSR count). The van der Waals surface area contributed by atoms with Gasteiger partial charge >= 0.3 is 0 Å². The van der Waals surface area contributed by atoms with Gasteiger partial charge in [-0.1, -0.05) is 0 Å². The van der Waals surface area contributed by atoms with E-state index in [0.717, 1.165) is 10.6 Å². The SMILES string of the molecule is CCOc1cc(C)c(S)c(C)c1. The molecule has 0 aliphatic rings. The molecular weight excluding hydrogens is 168 g/mol. The molecule has 0 amide bonds. The van der Waals surface area contributed by atoms with E-state index in [2.05, 4.69) is 12.6 Å². The Morgan fingerprint density at radius 1 is 1.25 bits per heavy atom. The monoisotopic (exact) mass is 182 g/mol. The molecule has 0 unspecified atom stereocenters. The predicted molar refractivity (Wildman–Crippen MR) is 54.3 cm³/mol. The highest BCUT2D eigenvalue weighted by Crippen LogP contribution is 2.24. The summed E-state index contributed by atoms with van der Waals surface area (Å²) >= 11 is 4.37. The number of hydrogen-bond acceptors (Lipinski definition) is 2. The van der Waals surface area contributed by atoms with Crippen molar-refractivity contribution in [3.63, 3.8) is 0 Å². The lowest BCUT2D eigenvalue weighted by atomic mass is 10.1. The summed E-state index contributed by atoms with van der Waals surface area (Å²) in [5, 5.41) is 0. The second-order valence-electron chi connectivity index (χ2n) is 2.84. The first-order chi connectivity index (χ1) is 5.65. The topological polar surface area (TPSA) is 9.23 Å². The van der Waals surface area contributed by atoms with E-state index in [1.807, 2.05) is 32.9 Å². The van der Waals surface area contributed by atoms with E-state index in [-0.39, 0.29) is 0 Å². The molecule has 0 aromatic heterocycles. The molecule has 0 saturated carbocycles. The van der Waals surface area contributed by atoms with Crippen LogP contribution in [0.2, 0.25) is 0 Å². The van der Waals surface area contributed by atoms with Crippen LogP contribution >= 0.6 is 12.6 Å². The van der Waals surface area contributed by atoms with Crippen LogP contribution in [-0.2, 0) is 0 Å². The summed E-state index contributed by atoms with van der Waals surface area (Å²) in [6.07, 6.45) is 0. The second kappa shape index (κ2) is 3.85. The largest absolute Gasteiger partial charge is 0.494 e. The molecule has 0 spiro atoms. The molecule has 0 atom stereocenters. The van der Waals surface area contributed by atoms with Gasteiger partial charge in [0.2, 0.25) is 0 Å². The lowest BCUT2D eigenvalue weighted by Crippen LogP contribution is -1.93. The zero-order valence-electron chi connectivity index (χ0n) is 7.72. The zero-order valence-corrected chi connectivity index (χ0v) is 8.61. The normalized spacial score (nSPS) is 10.0. The first-order valence-corrected chi connectivity index (χ1v) is 4.53. The van der Waals surface area contributed by atoms with E-state index in [0.29, 0.717) is 6.61 Å². The number of thiol groups is 1. The van der Waals surface area contributed by atoms with Crippen molar-refractivity contribution in [2.24, 2.45) is 0 Å². The highest BCUT2D eigenvalue weighted by atomic mass is 32.1. The quantitative estimate of drug-likeness (QED) is 0.692. The van der Waals surface area contributed by atoms with Crippen molar-refractivity contribution in [1.82, 2.24) is 0 Å². The molecule has 1 nitrogen and oxygen atoms in total. The van der Waals surface area contributed by atoms with E-state index >= 15 is 0 Å². The Morgan fingerprint density at radius 3 is 2.17 bits per heavy atom. The highest BCUT2D eigenvalue weighted by molar-refractivity contribution is 7.80. The summed E-state index contributed by atoms with van der Waals surface area (Å²) in [6, 6.07) is 4.03. The van der Waals surface area contributed by atoms with Crippen LogP contribution in [0, 0.1) is 13.8 Å². The average molecular weight is 182 g/mol. The summed E-state index contributed by atoms with van der Waals surface area (Å²) in [6.45, 7) is 6.78. The first kappa shape index (κ1) is 9.46. The minimum atomic E-state index is 0.713. The zero-order chi connectivity index (χ0) is 9.14. The number of ether oxygens (including phenoxy) is 1. The van der Waals surface area contributed by atoms with Gasteiger partial charge in [-0.2, -0.15) is 0 Å². The minimum absolute atomic E-state index is 0.713. The minimum Gasteiger partial charge on any atom is -0.494 e. The van der Waals surface area contributed by atoms with E-state index in [4.69, 9.17) is 4.74 Å². The van der Waals surface area contributed by atoms with Gasteiger partial charge in [0.05, 0.1) is 6.61 Å². The standard InChI is InChI=1S/C10H14OS/c1-4-11-9-5-7(2)10(12)8(3)6-9/h5-6,12H,4H2,1-3H3. The Balaban J connectivity index is 3.04. The van der Waals surface area contributed by atoms with Gasteiger partial charge in [0.15, 0.2) is 0 Å². The van der Waals surface area contributed by atoms with Crippen molar-refractivity contribution < 1.29 is 4.74 Å². The predicted octanol–water partition coefficient (Wildman–Crippen LogP) is 2.99. The molecule has 0 aliphatic carbocycles. The van der Waals surface area contributed by atoms with Crippen LogP contribution in [0.15, 0.2) is 17.0 Å². The maximum Gasteiger partial charge on any atom is 0.119 e. The lowest BCUT2D eigenvalue weighted by molar-refractivity contribution is 0.339. The molecule has 2 heteroatoms. The molecule has 0 heterocycles. The van der Waals surface area contributed by atoms with Gasteiger partial charge in [-0.25, -0.2) is 0 Å². The third-order valence-corrected chi connectivity index (χ3v) is 2.48. The van der Waals surface area contributed by atoms with Crippen LogP contribution in [0.4, 0.5) is 0 Å². The van der Waals surface area contributed by atoms with Crippen LogP contribution in [0.25, 0.3) is 0 Å². The van der Waals surface area contributed by atoms with Gasteiger partial charge in [0, 0.05) is 4.90 Å². The Morgan fingerprint density at radius 2 is 1.75 bits per heavy atom. The number of hydrogen-bond donors (Lipinski definition) is 1. The summed E-state index contributed by atoms with van der Waals surface area (Å²) in [4.78, 5) is 1.05. The molecule has 1 aromatic carbocycles. The number of aryl methyl sites for hydroxylation is 2. The molecular formula is C10H14OS. The second-order valence-corrected chi connectivity index (χ2v) is 3.29. The van der Waals surface area contributed by atoms with Gasteiger partial charge in [-0.15, -0.1) is 12.6 Å².